The number of allylic oxidation sites excluding steroid dienone is 4. The number of ether oxygens (including phenoxy) is 4. The lowest BCUT2D eigenvalue weighted by molar-refractivity contribution is -0.148. The van der Waals surface area contributed by atoms with Gasteiger partial charge in [0.25, 0.3) is 11.7 Å². The molecule has 57 heavy (non-hydrogen) atoms. The number of aromatic hydroxyl groups is 2. The van der Waals surface area contributed by atoms with Crippen LogP contribution in [0.25, 0.3) is 10.8 Å². The first-order valence-electron chi connectivity index (χ1n) is 18.8. The summed E-state index contributed by atoms with van der Waals surface area (Å²) in [5, 5.41) is 40.9. The van der Waals surface area contributed by atoms with Gasteiger partial charge in [-0.2, -0.15) is 0 Å². The van der Waals surface area contributed by atoms with Crippen LogP contribution in [-0.2, 0) is 28.6 Å². The molecule has 7 rings (SSSR count). The average Bonchev–Trinajstić information content (AvgIpc) is 3.69. The third-order valence-corrected chi connectivity index (χ3v) is 11.1. The maximum atomic E-state index is 14.6. The van der Waals surface area contributed by atoms with Crippen molar-refractivity contribution in [3.63, 3.8) is 0 Å². The highest BCUT2D eigenvalue weighted by molar-refractivity contribution is 6.27. The molecule has 14 heteroatoms. The molecular formula is C43H49N3O11. The van der Waals surface area contributed by atoms with Crippen LogP contribution in [0.15, 0.2) is 72.2 Å². The molecule has 5 aliphatic rings. The van der Waals surface area contributed by atoms with E-state index in [-0.39, 0.29) is 62.6 Å². The number of esters is 1. The number of carbonyl (C=O) groups excluding carboxylic acids is 4. The third kappa shape index (κ3) is 7.30. The molecule has 0 saturated heterocycles. The second-order valence-corrected chi connectivity index (χ2v) is 14.9. The van der Waals surface area contributed by atoms with Crippen LogP contribution in [0.2, 0.25) is 0 Å². The van der Waals surface area contributed by atoms with Crippen molar-refractivity contribution in [1.82, 2.24) is 0 Å². The molecule has 0 saturated carbocycles. The minimum atomic E-state index is -1.96. The molecule has 2 aromatic rings. The number of aliphatic hydroxyl groups is 1. The van der Waals surface area contributed by atoms with Crippen LogP contribution in [0.3, 0.4) is 0 Å². The summed E-state index contributed by atoms with van der Waals surface area (Å²) in [6.07, 6.45) is 11.5. The number of methoxy groups -OCH3 is 1. The van der Waals surface area contributed by atoms with E-state index in [4.69, 9.17) is 18.9 Å². The maximum Gasteiger partial charge on any atom is 0.312 e. The molecule has 2 aromatic carbocycles. The number of aliphatic hydroxyl groups excluding tert-OH is 1. The predicted molar refractivity (Wildman–Crippen MR) is 214 cm³/mol. The van der Waals surface area contributed by atoms with Gasteiger partial charge in [0.2, 0.25) is 0 Å². The van der Waals surface area contributed by atoms with Gasteiger partial charge in [0.15, 0.2) is 5.75 Å². The number of phenols is 2. The first kappa shape index (κ1) is 40.8. The van der Waals surface area contributed by atoms with E-state index in [0.717, 1.165) is 0 Å². The van der Waals surface area contributed by atoms with E-state index in [1.54, 1.807) is 54.5 Å². The van der Waals surface area contributed by atoms with Crippen LogP contribution >= 0.6 is 0 Å². The Labute approximate surface area is 330 Å². The highest BCUT2D eigenvalue weighted by Crippen LogP contribution is 2.59. The van der Waals surface area contributed by atoms with Crippen molar-refractivity contribution in [3.8, 4) is 17.2 Å². The van der Waals surface area contributed by atoms with Crippen molar-refractivity contribution < 1.29 is 53.4 Å². The van der Waals surface area contributed by atoms with Gasteiger partial charge in [-0.05, 0) is 62.8 Å². The van der Waals surface area contributed by atoms with Gasteiger partial charge in [-0.15, -0.1) is 0 Å². The largest absolute Gasteiger partial charge is 0.507 e. The van der Waals surface area contributed by atoms with Gasteiger partial charge in [0, 0.05) is 55.2 Å². The zero-order valence-electron chi connectivity index (χ0n) is 33.0. The Bertz CT molecular complexity index is 2200. The van der Waals surface area contributed by atoms with Gasteiger partial charge in [0.05, 0.1) is 40.8 Å². The summed E-state index contributed by atoms with van der Waals surface area (Å²) in [5.74, 6) is -5.28. The Balaban J connectivity index is 1.53. The van der Waals surface area contributed by atoms with Gasteiger partial charge in [-0.25, -0.2) is 0 Å². The molecule has 7 atom stereocenters. The number of amides is 1. The van der Waals surface area contributed by atoms with Crippen molar-refractivity contribution in [3.05, 3.63) is 83.3 Å². The summed E-state index contributed by atoms with van der Waals surface area (Å²) in [6.45, 7) is 13.9. The number of anilines is 3. The van der Waals surface area contributed by atoms with Crippen molar-refractivity contribution in [2.24, 2.45) is 11.8 Å². The van der Waals surface area contributed by atoms with Crippen molar-refractivity contribution in [1.29, 1.82) is 0 Å². The van der Waals surface area contributed by atoms with E-state index in [0.29, 0.717) is 30.3 Å². The van der Waals surface area contributed by atoms with Gasteiger partial charge in [-0.1, -0.05) is 38.7 Å². The molecule has 0 aliphatic carbocycles. The van der Waals surface area contributed by atoms with Gasteiger partial charge in [-0.3, -0.25) is 19.2 Å². The zero-order chi connectivity index (χ0) is 41.5. The molecule has 14 nitrogen and oxygen atoms in total. The average molecular weight is 784 g/mol. The first-order valence-corrected chi connectivity index (χ1v) is 18.8. The number of phenolic OH excluding ortho intramolecular Hbond substituents is 2. The molecule has 1 amide bonds. The molecule has 1 unspecified atom stereocenters. The number of rotatable bonds is 4. The summed E-state index contributed by atoms with van der Waals surface area (Å²) in [4.78, 5) is 54.1. The maximum absolute atomic E-state index is 14.6. The van der Waals surface area contributed by atoms with Crippen LogP contribution in [0.1, 0.15) is 69.8 Å². The Morgan fingerprint density at radius 1 is 1.18 bits per heavy atom. The Hall–Kier alpha value is -5.86. The monoisotopic (exact) mass is 783 g/mol. The van der Waals surface area contributed by atoms with Crippen LogP contribution in [0, 0.1) is 18.8 Å². The van der Waals surface area contributed by atoms with Crippen LogP contribution < -0.4 is 20.3 Å². The zero-order valence-corrected chi connectivity index (χ0v) is 33.0. The summed E-state index contributed by atoms with van der Waals surface area (Å²) in [7, 11) is 1.48. The van der Waals surface area contributed by atoms with Crippen LogP contribution in [0.4, 0.5) is 17.1 Å². The minimum absolute atomic E-state index is 0.0166. The van der Waals surface area contributed by atoms with E-state index < -0.39 is 65.3 Å². The second kappa shape index (κ2) is 15.9. The predicted octanol–water partition coefficient (Wildman–Crippen LogP) is 6.35. The molecule has 0 spiro atoms. The highest BCUT2D eigenvalue weighted by atomic mass is 16.7. The van der Waals surface area contributed by atoms with E-state index in [9.17, 15) is 34.5 Å². The Morgan fingerprint density at radius 3 is 2.58 bits per heavy atom. The number of hydrogen-bond donors (Lipinski definition) is 5. The summed E-state index contributed by atoms with van der Waals surface area (Å²) in [6, 6.07) is 0. The first-order chi connectivity index (χ1) is 27.1. The van der Waals surface area contributed by atoms with E-state index in [1.165, 1.54) is 34.1 Å². The second-order valence-electron chi connectivity index (χ2n) is 14.9. The van der Waals surface area contributed by atoms with Gasteiger partial charge >= 0.3 is 11.8 Å². The lowest BCUT2D eigenvalue weighted by atomic mass is 9.82. The summed E-state index contributed by atoms with van der Waals surface area (Å²) >= 11 is 0. The van der Waals surface area contributed by atoms with E-state index in [1.807, 2.05) is 13.8 Å². The lowest BCUT2D eigenvalue weighted by Gasteiger charge is -2.33. The van der Waals surface area contributed by atoms with E-state index >= 15 is 0 Å². The number of Topliss-reactive ketones (excluding diaryl/α,β-unsaturated/α-hetero) is 1. The number of benzene rings is 2. The molecule has 0 radical (unpaired) electrons. The molecular weight excluding hydrogens is 734 g/mol. The SMILES string of the molecule is C=C1[C@H](CC)C[C@@H](O)C/C=C/C=C(/C)C(=O)Nc2c3c(c4c5c(c(C)c(O)c4c2O)O[C@](C)(O/C=C/[C@H](OC)[C@@H](C)[C@H]1OC(C)=O)C5=O)NC1C=C(C=O)C=CN31. The Kier molecular flexibility index (Phi) is 11.4. The number of nitrogens with zero attached hydrogens (tertiary/aromatic N) is 1. The van der Waals surface area contributed by atoms with Gasteiger partial charge < -0.3 is 49.8 Å². The number of ketones is 1. The lowest BCUT2D eigenvalue weighted by Crippen LogP contribution is -2.39. The van der Waals surface area contributed by atoms with Crippen LogP contribution in [0.5, 0.6) is 17.2 Å². The molecule has 302 valence electrons. The smallest absolute Gasteiger partial charge is 0.312 e. The topological polar surface area (TPSA) is 193 Å². The molecule has 0 fully saturated rings. The summed E-state index contributed by atoms with van der Waals surface area (Å²) < 4.78 is 23.9. The standard InChI is InChI=1S/C43H49N3O11/c1-9-27-19-28(49)13-11-10-12-21(2)42(53)45-35-36-34(44-30-18-26(20-47)14-16-46(30)36)31-32(38(35)51)37(50)24(5)40-33(31)41(52)43(7,57-40)55-17-15-29(54-8)23(4)39(22(27)3)56-25(6)48/h10-12,14-18,20,23,27-30,39,44,49-51H,3,9,13,19H2,1-2,4-8H3,(H,45,53)/b11-10+,17-15+,21-12-/t23-,27-,28+,29+,30?,39+,43+/m1/s1. The summed E-state index contributed by atoms with van der Waals surface area (Å²) in [5.41, 5.74) is 1.89. The number of hydrogen-bond acceptors (Lipinski definition) is 13. The highest BCUT2D eigenvalue weighted by Gasteiger charge is 2.50. The quantitative estimate of drug-likeness (QED) is 0.0758. The fourth-order valence-electron chi connectivity index (χ4n) is 7.90. The van der Waals surface area contributed by atoms with Gasteiger partial charge in [0.1, 0.15) is 35.7 Å². The fraction of sp³-hybridized carbons (Fsp3) is 0.395. The molecule has 0 aromatic heterocycles. The fourth-order valence-corrected chi connectivity index (χ4v) is 7.90. The molecule has 5 bridgehead atoms. The molecule has 5 N–H and O–H groups in total. The molecule has 5 heterocycles. The number of carbonyl (C=O) groups is 4. The van der Waals surface area contributed by atoms with Crippen LogP contribution in [-0.4, -0.2) is 76.6 Å². The normalized spacial score (nSPS) is 29.6. The third-order valence-electron chi connectivity index (χ3n) is 11.1. The van der Waals surface area contributed by atoms with Crippen molar-refractivity contribution in [2.45, 2.75) is 91.1 Å². The minimum Gasteiger partial charge on any atom is -0.507 e. The van der Waals surface area contributed by atoms with E-state index in [2.05, 4.69) is 17.2 Å². The van der Waals surface area contributed by atoms with Crippen molar-refractivity contribution >= 4 is 51.8 Å². The number of fused-ring (bicyclic) bond motifs is 14. The Morgan fingerprint density at radius 2 is 1.91 bits per heavy atom. The van der Waals surface area contributed by atoms with Crippen molar-refractivity contribution in [2.75, 3.05) is 22.6 Å². The number of aldehydes is 1. The number of nitrogens with one attached hydrogen (secondary N) is 2. The molecule has 5 aliphatic heterocycles.